The fourth-order valence-corrected chi connectivity index (χ4v) is 5.97. The lowest BCUT2D eigenvalue weighted by molar-refractivity contribution is -0.124. The van der Waals surface area contributed by atoms with Gasteiger partial charge in [-0.15, -0.1) is 0 Å². The van der Waals surface area contributed by atoms with Gasteiger partial charge in [0.15, 0.2) is 0 Å². The van der Waals surface area contributed by atoms with E-state index in [0.717, 1.165) is 17.8 Å². The summed E-state index contributed by atoms with van der Waals surface area (Å²) >= 11 is 24.7. The molecule has 2 bridgehead atoms. The Hall–Kier alpha value is -1.59. The highest BCUT2D eigenvalue weighted by molar-refractivity contribution is 6.42. The van der Waals surface area contributed by atoms with Crippen molar-refractivity contribution in [1.29, 1.82) is 0 Å². The largest absolute Gasteiger partial charge is 0.324 e. The maximum Gasteiger partial charge on any atom is 0.237 e. The van der Waals surface area contributed by atoms with Crippen LogP contribution in [0.1, 0.15) is 44.0 Å². The molecule has 3 aromatic rings. The first kappa shape index (κ1) is 20.3. The standard InChI is InChI=1S/C22H17Cl4N3O/c1-21(2)11-5-6-22(21,20(30)29-15-4-3-10(23)7-14(15)26)19-18(11)27-16-8-12(24)13(25)9-17(16)28-19/h3-4,7-9,11H,5-6H2,1-2H3,(H,29,30). The van der Waals surface area contributed by atoms with Gasteiger partial charge in [-0.1, -0.05) is 60.3 Å². The van der Waals surface area contributed by atoms with Crippen LogP contribution >= 0.6 is 46.4 Å². The zero-order valence-corrected chi connectivity index (χ0v) is 19.2. The van der Waals surface area contributed by atoms with Gasteiger partial charge in [-0.05, 0) is 48.6 Å². The molecule has 154 valence electrons. The minimum Gasteiger partial charge on any atom is -0.324 e. The van der Waals surface area contributed by atoms with Crippen molar-refractivity contribution < 1.29 is 4.79 Å². The molecule has 0 saturated heterocycles. The van der Waals surface area contributed by atoms with Gasteiger partial charge in [0, 0.05) is 10.9 Å². The van der Waals surface area contributed by atoms with Crippen LogP contribution in [0.5, 0.6) is 0 Å². The number of anilines is 1. The Morgan fingerprint density at radius 1 is 1.00 bits per heavy atom. The molecule has 4 nitrogen and oxygen atoms in total. The first-order valence-electron chi connectivity index (χ1n) is 9.59. The van der Waals surface area contributed by atoms with E-state index >= 15 is 0 Å². The maximum atomic E-state index is 13.7. The third kappa shape index (κ3) is 2.64. The molecule has 0 aliphatic heterocycles. The SMILES string of the molecule is CC1(C)C2CCC1(C(=O)Nc1ccc(Cl)cc1Cl)c1nc3cc(Cl)c(Cl)cc3nc12. The summed E-state index contributed by atoms with van der Waals surface area (Å²) in [5.74, 6) is -0.00280. The minimum absolute atomic E-state index is 0.130. The second-order valence-corrected chi connectivity index (χ2v) is 10.2. The van der Waals surface area contributed by atoms with Crippen LogP contribution < -0.4 is 5.32 Å². The molecule has 2 aliphatic rings. The first-order valence-corrected chi connectivity index (χ1v) is 11.1. The second-order valence-electron chi connectivity index (χ2n) is 8.51. The number of carbonyl (C=O) groups excluding carboxylic acids is 1. The number of hydrogen-bond acceptors (Lipinski definition) is 3. The highest BCUT2D eigenvalue weighted by atomic mass is 35.5. The summed E-state index contributed by atoms with van der Waals surface area (Å²) in [6.45, 7) is 4.23. The van der Waals surface area contributed by atoms with E-state index < -0.39 is 5.41 Å². The van der Waals surface area contributed by atoms with E-state index in [-0.39, 0.29) is 17.2 Å². The summed E-state index contributed by atoms with van der Waals surface area (Å²) in [4.78, 5) is 23.5. The summed E-state index contributed by atoms with van der Waals surface area (Å²) in [6.07, 6.45) is 1.56. The van der Waals surface area contributed by atoms with Gasteiger partial charge in [-0.2, -0.15) is 0 Å². The number of benzene rings is 2. The van der Waals surface area contributed by atoms with Crippen molar-refractivity contribution in [3.63, 3.8) is 0 Å². The number of hydrogen-bond donors (Lipinski definition) is 1. The highest BCUT2D eigenvalue weighted by Gasteiger charge is 2.67. The van der Waals surface area contributed by atoms with Crippen LogP contribution in [0.15, 0.2) is 30.3 Å². The number of nitrogens with one attached hydrogen (secondary N) is 1. The molecule has 0 spiro atoms. The van der Waals surface area contributed by atoms with Gasteiger partial charge >= 0.3 is 0 Å². The monoisotopic (exact) mass is 479 g/mol. The van der Waals surface area contributed by atoms with Crippen LogP contribution in [0.25, 0.3) is 11.0 Å². The molecule has 1 N–H and O–H groups in total. The smallest absolute Gasteiger partial charge is 0.237 e. The summed E-state index contributed by atoms with van der Waals surface area (Å²) in [7, 11) is 0. The predicted molar refractivity (Wildman–Crippen MR) is 122 cm³/mol. The summed E-state index contributed by atoms with van der Waals surface area (Å²) in [5, 5.41) is 4.77. The average molecular weight is 481 g/mol. The van der Waals surface area contributed by atoms with Gasteiger partial charge in [0.25, 0.3) is 0 Å². The Labute approximate surface area is 193 Å². The fraction of sp³-hybridized carbons (Fsp3) is 0.318. The lowest BCUT2D eigenvalue weighted by Crippen LogP contribution is -2.46. The Bertz CT molecular complexity index is 1240. The molecule has 5 rings (SSSR count). The first-order chi connectivity index (χ1) is 14.1. The molecule has 0 radical (unpaired) electrons. The maximum absolute atomic E-state index is 13.7. The molecule has 1 saturated carbocycles. The van der Waals surface area contributed by atoms with Crippen molar-refractivity contribution in [2.45, 2.75) is 38.0 Å². The van der Waals surface area contributed by atoms with Gasteiger partial charge in [0.2, 0.25) is 5.91 Å². The van der Waals surface area contributed by atoms with E-state index in [2.05, 4.69) is 19.2 Å². The molecular weight excluding hydrogens is 464 g/mol. The second kappa shape index (κ2) is 6.70. The number of fused-ring (bicyclic) bond motifs is 6. The Balaban J connectivity index is 1.67. The normalized spacial score (nSPS) is 23.6. The number of amides is 1. The molecule has 1 aromatic heterocycles. The molecule has 2 aliphatic carbocycles. The molecule has 2 atom stereocenters. The van der Waals surface area contributed by atoms with Crippen LogP contribution in [0.4, 0.5) is 5.69 Å². The molecular formula is C22H17Cl4N3O. The summed E-state index contributed by atoms with van der Waals surface area (Å²) in [6, 6.07) is 8.45. The topological polar surface area (TPSA) is 54.9 Å². The van der Waals surface area contributed by atoms with E-state index in [9.17, 15) is 4.79 Å². The number of halogens is 4. The van der Waals surface area contributed by atoms with E-state index in [1.165, 1.54) is 0 Å². The minimum atomic E-state index is -0.816. The highest BCUT2D eigenvalue weighted by Crippen LogP contribution is 2.67. The Morgan fingerprint density at radius 3 is 2.33 bits per heavy atom. The van der Waals surface area contributed by atoms with Crippen LogP contribution in [0.2, 0.25) is 20.1 Å². The van der Waals surface area contributed by atoms with E-state index in [1.54, 1.807) is 30.3 Å². The number of rotatable bonds is 2. The molecule has 1 amide bonds. The number of carbonyl (C=O) groups is 1. The zero-order valence-electron chi connectivity index (χ0n) is 16.2. The van der Waals surface area contributed by atoms with Gasteiger partial charge < -0.3 is 5.32 Å². The molecule has 1 heterocycles. The van der Waals surface area contributed by atoms with Gasteiger partial charge in [0.05, 0.1) is 48.6 Å². The van der Waals surface area contributed by atoms with E-state index in [4.69, 9.17) is 56.4 Å². The van der Waals surface area contributed by atoms with Crippen LogP contribution in [-0.4, -0.2) is 15.9 Å². The Kier molecular flexibility index (Phi) is 4.54. The van der Waals surface area contributed by atoms with Crippen molar-refractivity contribution in [2.24, 2.45) is 5.41 Å². The van der Waals surface area contributed by atoms with Crippen LogP contribution in [-0.2, 0) is 10.2 Å². The zero-order chi connectivity index (χ0) is 21.4. The third-order valence-electron chi connectivity index (χ3n) is 6.81. The van der Waals surface area contributed by atoms with E-state index in [1.807, 2.05) is 0 Å². The van der Waals surface area contributed by atoms with Crippen molar-refractivity contribution >= 4 is 69.0 Å². The van der Waals surface area contributed by atoms with Crippen molar-refractivity contribution in [2.75, 3.05) is 5.32 Å². The van der Waals surface area contributed by atoms with Crippen LogP contribution in [0.3, 0.4) is 0 Å². The lowest BCUT2D eigenvalue weighted by Gasteiger charge is -2.36. The van der Waals surface area contributed by atoms with Gasteiger partial charge in [-0.3, -0.25) is 4.79 Å². The van der Waals surface area contributed by atoms with Crippen LogP contribution in [0, 0.1) is 5.41 Å². The van der Waals surface area contributed by atoms with Crippen molar-refractivity contribution in [3.8, 4) is 0 Å². The lowest BCUT2D eigenvalue weighted by atomic mass is 9.67. The fourth-order valence-electron chi connectivity index (χ4n) is 5.20. The molecule has 8 heteroatoms. The Morgan fingerprint density at radius 2 is 1.67 bits per heavy atom. The number of aromatic nitrogens is 2. The average Bonchev–Trinajstić information content (AvgIpc) is 3.05. The third-order valence-corrected chi connectivity index (χ3v) is 8.08. The summed E-state index contributed by atoms with van der Waals surface area (Å²) in [5.41, 5.74) is 2.25. The molecule has 1 fully saturated rings. The van der Waals surface area contributed by atoms with Crippen molar-refractivity contribution in [3.05, 3.63) is 61.8 Å². The predicted octanol–water partition coefficient (Wildman–Crippen LogP) is 7.04. The number of nitrogens with zero attached hydrogens (tertiary/aromatic N) is 2. The molecule has 2 aromatic carbocycles. The van der Waals surface area contributed by atoms with Gasteiger partial charge in [0.1, 0.15) is 0 Å². The molecule has 30 heavy (non-hydrogen) atoms. The summed E-state index contributed by atoms with van der Waals surface area (Å²) < 4.78 is 0. The van der Waals surface area contributed by atoms with Gasteiger partial charge in [-0.25, -0.2) is 9.97 Å². The van der Waals surface area contributed by atoms with Crippen molar-refractivity contribution in [1.82, 2.24) is 9.97 Å². The molecule has 2 unspecified atom stereocenters. The quantitative estimate of drug-likeness (QED) is 0.428. The van der Waals surface area contributed by atoms with E-state index in [0.29, 0.717) is 43.2 Å².